The Morgan fingerprint density at radius 2 is 2.24 bits per heavy atom. The van der Waals surface area contributed by atoms with E-state index >= 15 is 0 Å². The lowest BCUT2D eigenvalue weighted by Crippen LogP contribution is -2.38. The lowest BCUT2D eigenvalue weighted by Gasteiger charge is -2.20. The zero-order valence-electron chi connectivity index (χ0n) is 10.7. The molecular weight excluding hydrogens is 242 g/mol. The number of amides is 2. The smallest absolute Gasteiger partial charge is 0.227 e. The van der Waals surface area contributed by atoms with Crippen LogP contribution in [0.1, 0.15) is 13.3 Å². The predicted octanol–water partition coefficient (Wildman–Crippen LogP) is -0.0456. The summed E-state index contributed by atoms with van der Waals surface area (Å²) in [7, 11) is 3.65. The van der Waals surface area contributed by atoms with Gasteiger partial charge in [-0.25, -0.2) is 0 Å². The molecule has 1 rings (SSSR count). The van der Waals surface area contributed by atoms with E-state index in [1.165, 1.54) is 0 Å². The summed E-state index contributed by atoms with van der Waals surface area (Å²) in [6.07, 6.45) is 0.372. The second-order valence-electron chi connectivity index (χ2n) is 4.20. The molecule has 1 unspecified atom stereocenters. The van der Waals surface area contributed by atoms with Crippen LogP contribution in [0.15, 0.2) is 0 Å². The van der Waals surface area contributed by atoms with Gasteiger partial charge in [0.25, 0.3) is 0 Å². The van der Waals surface area contributed by atoms with Crippen LogP contribution in [0.3, 0.4) is 0 Å². The molecule has 1 N–H and O–H groups in total. The number of likely N-dealkylation sites (tertiary alicyclic amines) is 1. The van der Waals surface area contributed by atoms with Crippen molar-refractivity contribution in [3.05, 3.63) is 0 Å². The molecule has 1 aliphatic rings. The van der Waals surface area contributed by atoms with E-state index in [4.69, 9.17) is 0 Å². The minimum Gasteiger partial charge on any atom is -0.344 e. The Labute approximate surface area is 109 Å². The molecule has 0 spiro atoms. The van der Waals surface area contributed by atoms with E-state index in [-0.39, 0.29) is 30.1 Å². The molecule has 2 amide bonds. The van der Waals surface area contributed by atoms with Crippen LogP contribution in [0.25, 0.3) is 0 Å². The minimum atomic E-state index is -0.144. The van der Waals surface area contributed by atoms with Gasteiger partial charge in [-0.1, -0.05) is 0 Å². The van der Waals surface area contributed by atoms with E-state index in [1.807, 2.05) is 14.0 Å². The van der Waals surface area contributed by atoms with E-state index in [0.29, 0.717) is 26.1 Å². The topological polar surface area (TPSA) is 52.7 Å². The van der Waals surface area contributed by atoms with Gasteiger partial charge in [-0.3, -0.25) is 9.59 Å². The number of carbonyl (C=O) groups is 2. The van der Waals surface area contributed by atoms with Crippen LogP contribution >= 0.6 is 12.4 Å². The van der Waals surface area contributed by atoms with Gasteiger partial charge >= 0.3 is 0 Å². The Morgan fingerprint density at radius 1 is 1.59 bits per heavy atom. The highest BCUT2D eigenvalue weighted by molar-refractivity contribution is 5.89. The molecule has 0 radical (unpaired) electrons. The van der Waals surface area contributed by atoms with Crippen molar-refractivity contribution in [1.29, 1.82) is 0 Å². The van der Waals surface area contributed by atoms with Gasteiger partial charge in [-0.2, -0.15) is 0 Å². The van der Waals surface area contributed by atoms with Crippen LogP contribution in [-0.2, 0) is 9.59 Å². The molecule has 17 heavy (non-hydrogen) atoms. The minimum absolute atomic E-state index is 0. The maximum atomic E-state index is 12.0. The van der Waals surface area contributed by atoms with Crippen molar-refractivity contribution in [3.8, 4) is 0 Å². The molecule has 0 aromatic carbocycles. The van der Waals surface area contributed by atoms with E-state index in [0.717, 1.165) is 6.54 Å². The maximum Gasteiger partial charge on any atom is 0.227 e. The third-order valence-corrected chi connectivity index (χ3v) is 3.02. The summed E-state index contributed by atoms with van der Waals surface area (Å²) in [5, 5.41) is 3.00. The quantitative estimate of drug-likeness (QED) is 0.757. The lowest BCUT2D eigenvalue weighted by atomic mass is 10.1. The molecule has 1 aliphatic heterocycles. The molecule has 0 saturated carbocycles. The van der Waals surface area contributed by atoms with Crippen molar-refractivity contribution in [2.75, 3.05) is 40.3 Å². The molecule has 1 heterocycles. The highest BCUT2D eigenvalue weighted by Crippen LogP contribution is 2.19. The second kappa shape index (κ2) is 7.50. The number of halogens is 1. The summed E-state index contributed by atoms with van der Waals surface area (Å²) >= 11 is 0. The van der Waals surface area contributed by atoms with Gasteiger partial charge < -0.3 is 15.1 Å². The number of hydrogen-bond donors (Lipinski definition) is 1. The first-order valence-corrected chi connectivity index (χ1v) is 5.77. The van der Waals surface area contributed by atoms with Gasteiger partial charge in [0.05, 0.1) is 5.92 Å². The molecule has 1 fully saturated rings. The molecule has 100 valence electrons. The summed E-state index contributed by atoms with van der Waals surface area (Å²) < 4.78 is 0. The maximum absolute atomic E-state index is 12.0. The Bertz CT molecular complexity index is 273. The SMILES string of the molecule is CCN1CC(C(=O)N(C)CCNC)CC1=O.Cl. The molecule has 1 atom stereocenters. The highest BCUT2D eigenvalue weighted by Gasteiger charge is 2.34. The number of nitrogens with zero attached hydrogens (tertiary/aromatic N) is 2. The largest absolute Gasteiger partial charge is 0.344 e. The van der Waals surface area contributed by atoms with Crippen LogP contribution in [0.5, 0.6) is 0 Å². The van der Waals surface area contributed by atoms with Crippen molar-refractivity contribution >= 4 is 24.2 Å². The van der Waals surface area contributed by atoms with Crippen molar-refractivity contribution < 1.29 is 9.59 Å². The molecule has 0 aromatic rings. The van der Waals surface area contributed by atoms with Crippen molar-refractivity contribution in [1.82, 2.24) is 15.1 Å². The Kier molecular flexibility index (Phi) is 7.15. The summed E-state index contributed by atoms with van der Waals surface area (Å²) in [5.41, 5.74) is 0. The first kappa shape index (κ1) is 16.2. The summed E-state index contributed by atoms with van der Waals surface area (Å²) in [6.45, 7) is 4.68. The first-order valence-electron chi connectivity index (χ1n) is 5.77. The standard InChI is InChI=1S/C11H21N3O2.ClH/c1-4-14-8-9(7-10(14)15)11(16)13(3)6-5-12-2;/h9,12H,4-8H2,1-3H3;1H. The fourth-order valence-corrected chi connectivity index (χ4v) is 1.94. The monoisotopic (exact) mass is 263 g/mol. The van der Waals surface area contributed by atoms with E-state index < -0.39 is 0 Å². The zero-order chi connectivity index (χ0) is 12.1. The Balaban J connectivity index is 0.00000256. The third kappa shape index (κ3) is 4.16. The van der Waals surface area contributed by atoms with Gasteiger partial charge in [0.15, 0.2) is 0 Å². The number of nitrogens with one attached hydrogen (secondary N) is 1. The number of hydrogen-bond acceptors (Lipinski definition) is 3. The summed E-state index contributed by atoms with van der Waals surface area (Å²) in [5.74, 6) is 0.0386. The summed E-state index contributed by atoms with van der Waals surface area (Å²) in [6, 6.07) is 0. The molecule has 5 nitrogen and oxygen atoms in total. The number of carbonyl (C=O) groups excluding carboxylic acids is 2. The van der Waals surface area contributed by atoms with Crippen molar-refractivity contribution in [2.45, 2.75) is 13.3 Å². The van der Waals surface area contributed by atoms with Gasteiger partial charge in [0.2, 0.25) is 11.8 Å². The van der Waals surface area contributed by atoms with Gasteiger partial charge in [0, 0.05) is 39.6 Å². The lowest BCUT2D eigenvalue weighted by molar-refractivity contribution is -0.134. The Hall–Kier alpha value is -0.810. The van der Waals surface area contributed by atoms with Crippen LogP contribution in [-0.4, -0.2) is 61.9 Å². The van der Waals surface area contributed by atoms with Gasteiger partial charge in [-0.15, -0.1) is 12.4 Å². The first-order chi connectivity index (χ1) is 7.60. The fourth-order valence-electron chi connectivity index (χ4n) is 1.94. The van der Waals surface area contributed by atoms with E-state index in [2.05, 4.69) is 5.32 Å². The second-order valence-corrected chi connectivity index (χ2v) is 4.20. The van der Waals surface area contributed by atoms with E-state index in [1.54, 1.807) is 16.8 Å². The van der Waals surface area contributed by atoms with Gasteiger partial charge in [-0.05, 0) is 14.0 Å². The molecule has 6 heteroatoms. The molecule has 0 bridgehead atoms. The van der Waals surface area contributed by atoms with Crippen LogP contribution in [0.2, 0.25) is 0 Å². The molecule has 1 saturated heterocycles. The molecule has 0 aromatic heterocycles. The molecular formula is C11H22ClN3O2. The summed E-state index contributed by atoms with van der Waals surface area (Å²) in [4.78, 5) is 26.9. The third-order valence-electron chi connectivity index (χ3n) is 3.02. The zero-order valence-corrected chi connectivity index (χ0v) is 11.5. The highest BCUT2D eigenvalue weighted by atomic mass is 35.5. The number of rotatable bonds is 5. The average molecular weight is 264 g/mol. The van der Waals surface area contributed by atoms with Crippen LogP contribution in [0.4, 0.5) is 0 Å². The van der Waals surface area contributed by atoms with Crippen LogP contribution < -0.4 is 5.32 Å². The van der Waals surface area contributed by atoms with Crippen LogP contribution in [0, 0.1) is 5.92 Å². The molecule has 0 aliphatic carbocycles. The van der Waals surface area contributed by atoms with E-state index in [9.17, 15) is 9.59 Å². The van der Waals surface area contributed by atoms with Crippen molar-refractivity contribution in [2.24, 2.45) is 5.92 Å². The normalized spacial score (nSPS) is 19.1. The Morgan fingerprint density at radius 3 is 2.71 bits per heavy atom. The van der Waals surface area contributed by atoms with Gasteiger partial charge in [0.1, 0.15) is 0 Å². The van der Waals surface area contributed by atoms with Crippen molar-refractivity contribution in [3.63, 3.8) is 0 Å². The fraction of sp³-hybridized carbons (Fsp3) is 0.818. The average Bonchev–Trinajstić information content (AvgIpc) is 2.66. The predicted molar refractivity (Wildman–Crippen MR) is 69.2 cm³/mol. The number of likely N-dealkylation sites (N-methyl/N-ethyl adjacent to an activating group) is 2.